The first kappa shape index (κ1) is 23.7. The van der Waals surface area contributed by atoms with E-state index in [9.17, 15) is 14.7 Å². The summed E-state index contributed by atoms with van der Waals surface area (Å²) in [6.45, 7) is 4.19. The molecule has 1 N–H and O–H groups in total. The van der Waals surface area contributed by atoms with E-state index in [4.69, 9.17) is 14.2 Å². The second-order valence-electron chi connectivity index (χ2n) is 8.14. The van der Waals surface area contributed by atoms with E-state index in [-0.39, 0.29) is 11.3 Å². The number of carbonyl (C=O) groups is 2. The Morgan fingerprint density at radius 1 is 1.09 bits per heavy atom. The summed E-state index contributed by atoms with van der Waals surface area (Å²) < 4.78 is 16.4. The van der Waals surface area contributed by atoms with Gasteiger partial charge in [0.25, 0.3) is 11.7 Å². The predicted molar refractivity (Wildman–Crippen MR) is 125 cm³/mol. The highest BCUT2D eigenvalue weighted by atomic mass is 16.5. The highest BCUT2D eigenvalue weighted by Crippen LogP contribution is 2.43. The number of amides is 1. The van der Waals surface area contributed by atoms with Crippen LogP contribution < -0.4 is 9.47 Å². The number of aromatic nitrogens is 1. The van der Waals surface area contributed by atoms with Gasteiger partial charge >= 0.3 is 0 Å². The van der Waals surface area contributed by atoms with Crippen LogP contribution in [0.1, 0.15) is 23.6 Å². The van der Waals surface area contributed by atoms with Gasteiger partial charge in [-0.1, -0.05) is 0 Å². The van der Waals surface area contributed by atoms with E-state index in [2.05, 4.69) is 9.88 Å². The van der Waals surface area contributed by atoms with Crippen LogP contribution in [-0.2, 0) is 14.3 Å². The topological polar surface area (TPSA) is 101 Å². The molecule has 0 spiro atoms. The fourth-order valence-corrected chi connectivity index (χ4v) is 4.44. The minimum Gasteiger partial charge on any atom is -0.507 e. The predicted octanol–water partition coefficient (Wildman–Crippen LogP) is 2.24. The lowest BCUT2D eigenvalue weighted by Gasteiger charge is -2.29. The first-order chi connectivity index (χ1) is 16.5. The number of likely N-dealkylation sites (tertiary alicyclic amines) is 1. The maximum Gasteiger partial charge on any atom is 0.295 e. The SMILES string of the molecule is COc1ccc(OC)c(C2/C(=C(\O)c3ccncc3)C(=O)C(=O)N2CCCN2CCOCC2)c1. The van der Waals surface area contributed by atoms with Crippen molar-refractivity contribution in [2.24, 2.45) is 0 Å². The molecule has 9 nitrogen and oxygen atoms in total. The standard InChI is InChI=1S/C25H29N3O6/c1-32-18-4-5-20(33-2)19(16-18)22-21(23(29)17-6-8-26-9-7-17)24(30)25(31)28(22)11-3-10-27-12-14-34-15-13-27/h4-9,16,22,29H,3,10-15H2,1-2H3/b23-21+. The maximum atomic E-state index is 13.2. The molecular weight excluding hydrogens is 438 g/mol. The average molecular weight is 468 g/mol. The third-order valence-electron chi connectivity index (χ3n) is 6.20. The molecule has 0 saturated carbocycles. The van der Waals surface area contributed by atoms with Crippen LogP contribution in [-0.4, -0.2) is 85.2 Å². The number of benzene rings is 1. The number of ether oxygens (including phenoxy) is 3. The summed E-state index contributed by atoms with van der Waals surface area (Å²) >= 11 is 0. The van der Waals surface area contributed by atoms with Crippen molar-refractivity contribution in [2.45, 2.75) is 12.5 Å². The molecule has 0 bridgehead atoms. The van der Waals surface area contributed by atoms with Gasteiger partial charge in [0.1, 0.15) is 17.3 Å². The molecule has 2 saturated heterocycles. The number of aliphatic hydroxyl groups excluding tert-OH is 1. The lowest BCUT2D eigenvalue weighted by molar-refractivity contribution is -0.140. The van der Waals surface area contributed by atoms with Crippen LogP contribution in [0.15, 0.2) is 48.3 Å². The average Bonchev–Trinajstić information content (AvgIpc) is 3.14. The number of aliphatic hydroxyl groups is 1. The lowest BCUT2D eigenvalue weighted by atomic mass is 9.94. The molecule has 34 heavy (non-hydrogen) atoms. The summed E-state index contributed by atoms with van der Waals surface area (Å²) in [6.07, 6.45) is 3.72. The summed E-state index contributed by atoms with van der Waals surface area (Å²) in [5, 5.41) is 11.1. The van der Waals surface area contributed by atoms with Crippen molar-refractivity contribution in [1.29, 1.82) is 0 Å². The van der Waals surface area contributed by atoms with E-state index < -0.39 is 17.7 Å². The fourth-order valence-electron chi connectivity index (χ4n) is 4.44. The molecule has 9 heteroatoms. The van der Waals surface area contributed by atoms with Gasteiger partial charge in [-0.05, 0) is 36.8 Å². The maximum absolute atomic E-state index is 13.2. The molecule has 4 rings (SSSR count). The zero-order valence-electron chi connectivity index (χ0n) is 19.4. The van der Waals surface area contributed by atoms with E-state index in [0.717, 1.165) is 19.6 Å². The summed E-state index contributed by atoms with van der Waals surface area (Å²) in [7, 11) is 3.07. The molecule has 1 atom stereocenters. The van der Waals surface area contributed by atoms with Crippen molar-refractivity contribution in [3.05, 3.63) is 59.4 Å². The van der Waals surface area contributed by atoms with Crippen LogP contribution in [0.4, 0.5) is 0 Å². The third kappa shape index (κ3) is 4.76. The van der Waals surface area contributed by atoms with Gasteiger partial charge in [-0.15, -0.1) is 0 Å². The number of Topliss-reactive ketones (excluding diaryl/α,β-unsaturated/α-hetero) is 1. The summed E-state index contributed by atoms with van der Waals surface area (Å²) in [4.78, 5) is 34.2. The number of rotatable bonds is 8. The van der Waals surface area contributed by atoms with Crippen molar-refractivity contribution in [3.63, 3.8) is 0 Å². The van der Waals surface area contributed by atoms with Gasteiger partial charge in [0, 0.05) is 49.7 Å². The molecule has 1 aromatic heterocycles. The number of nitrogens with zero attached hydrogens (tertiary/aromatic N) is 3. The van der Waals surface area contributed by atoms with Crippen LogP contribution in [0.5, 0.6) is 11.5 Å². The van der Waals surface area contributed by atoms with Crippen LogP contribution in [0, 0.1) is 0 Å². The zero-order valence-corrected chi connectivity index (χ0v) is 19.4. The molecule has 180 valence electrons. The quantitative estimate of drug-likeness (QED) is 0.358. The number of ketones is 1. The number of carbonyl (C=O) groups excluding carboxylic acids is 2. The van der Waals surface area contributed by atoms with E-state index in [0.29, 0.717) is 48.8 Å². The number of pyridine rings is 1. The number of morpholine rings is 1. The van der Waals surface area contributed by atoms with E-state index in [1.165, 1.54) is 24.4 Å². The zero-order chi connectivity index (χ0) is 24.1. The number of hydrogen-bond acceptors (Lipinski definition) is 8. The molecule has 3 heterocycles. The Balaban J connectivity index is 1.74. The van der Waals surface area contributed by atoms with Crippen molar-refractivity contribution < 1.29 is 28.9 Å². The normalized spacial score (nSPS) is 20.5. The molecule has 1 amide bonds. The van der Waals surface area contributed by atoms with E-state index >= 15 is 0 Å². The second kappa shape index (κ2) is 10.7. The van der Waals surface area contributed by atoms with Crippen molar-refractivity contribution >= 4 is 17.4 Å². The molecular formula is C25H29N3O6. The number of hydrogen-bond donors (Lipinski definition) is 1. The molecule has 0 radical (unpaired) electrons. The Labute approximate surface area is 198 Å². The number of methoxy groups -OCH3 is 2. The molecule has 2 fully saturated rings. The largest absolute Gasteiger partial charge is 0.507 e. The van der Waals surface area contributed by atoms with Gasteiger partial charge in [-0.25, -0.2) is 0 Å². The van der Waals surface area contributed by atoms with Gasteiger partial charge in [0.15, 0.2) is 0 Å². The Bertz CT molecular complexity index is 1070. The molecule has 0 aliphatic carbocycles. The first-order valence-corrected chi connectivity index (χ1v) is 11.3. The minimum atomic E-state index is -0.817. The van der Waals surface area contributed by atoms with Crippen LogP contribution in [0.25, 0.3) is 5.76 Å². The Hall–Kier alpha value is -3.43. The van der Waals surface area contributed by atoms with Gasteiger partial charge in [-0.2, -0.15) is 0 Å². The molecule has 2 aliphatic rings. The monoisotopic (exact) mass is 467 g/mol. The van der Waals surface area contributed by atoms with Crippen molar-refractivity contribution in [1.82, 2.24) is 14.8 Å². The summed E-state index contributed by atoms with van der Waals surface area (Å²) in [5.74, 6) is -0.570. The van der Waals surface area contributed by atoms with Crippen LogP contribution in [0.2, 0.25) is 0 Å². The van der Waals surface area contributed by atoms with E-state index in [1.807, 2.05) is 0 Å². The van der Waals surface area contributed by atoms with Gasteiger partial charge in [0.05, 0.1) is 39.0 Å². The van der Waals surface area contributed by atoms with Crippen LogP contribution in [0.3, 0.4) is 0 Å². The summed E-state index contributed by atoms with van der Waals surface area (Å²) in [6, 6.07) is 7.60. The third-order valence-corrected chi connectivity index (χ3v) is 6.20. The van der Waals surface area contributed by atoms with E-state index in [1.54, 1.807) is 37.4 Å². The Morgan fingerprint density at radius 3 is 2.50 bits per heavy atom. The van der Waals surface area contributed by atoms with Crippen LogP contribution >= 0.6 is 0 Å². The fraction of sp³-hybridized carbons (Fsp3) is 0.400. The Morgan fingerprint density at radius 2 is 1.82 bits per heavy atom. The molecule has 2 aliphatic heterocycles. The van der Waals surface area contributed by atoms with Gasteiger partial charge in [-0.3, -0.25) is 19.5 Å². The smallest absolute Gasteiger partial charge is 0.295 e. The molecule has 2 aromatic rings. The molecule has 1 aromatic carbocycles. The first-order valence-electron chi connectivity index (χ1n) is 11.3. The van der Waals surface area contributed by atoms with Crippen molar-refractivity contribution in [2.75, 3.05) is 53.6 Å². The van der Waals surface area contributed by atoms with Gasteiger partial charge < -0.3 is 24.2 Å². The summed E-state index contributed by atoms with van der Waals surface area (Å²) in [5.41, 5.74) is 1.00. The highest BCUT2D eigenvalue weighted by Gasteiger charge is 2.47. The van der Waals surface area contributed by atoms with Crippen molar-refractivity contribution in [3.8, 4) is 11.5 Å². The Kier molecular flexibility index (Phi) is 7.44. The highest BCUT2D eigenvalue weighted by molar-refractivity contribution is 6.46. The minimum absolute atomic E-state index is 0.0223. The van der Waals surface area contributed by atoms with Gasteiger partial charge in [0.2, 0.25) is 0 Å². The molecule has 1 unspecified atom stereocenters. The lowest BCUT2D eigenvalue weighted by Crippen LogP contribution is -2.39. The second-order valence-corrected chi connectivity index (χ2v) is 8.14.